The van der Waals surface area contributed by atoms with Gasteiger partial charge in [-0.3, -0.25) is 0 Å². The molecule has 0 saturated carbocycles. The third-order valence-corrected chi connectivity index (χ3v) is 4.71. The van der Waals surface area contributed by atoms with Crippen molar-refractivity contribution < 1.29 is 5.11 Å². The van der Waals surface area contributed by atoms with Gasteiger partial charge in [0, 0.05) is 10.8 Å². The largest absolute Gasteiger partial charge is 0.510 e. The van der Waals surface area contributed by atoms with Crippen LogP contribution in [0.1, 0.15) is 11.4 Å². The van der Waals surface area contributed by atoms with Crippen LogP contribution >= 0.6 is 23.4 Å². The fourth-order valence-corrected chi connectivity index (χ4v) is 3.24. The molecule has 4 nitrogen and oxygen atoms in total. The summed E-state index contributed by atoms with van der Waals surface area (Å²) in [5.74, 6) is 1.47. The van der Waals surface area contributed by atoms with E-state index in [1.54, 1.807) is 0 Å². The molecule has 1 aromatic heterocycles. The van der Waals surface area contributed by atoms with E-state index in [0.29, 0.717) is 16.6 Å². The summed E-state index contributed by atoms with van der Waals surface area (Å²) in [6.07, 6.45) is 0. The van der Waals surface area contributed by atoms with Crippen molar-refractivity contribution in [2.45, 2.75) is 5.75 Å². The smallest absolute Gasteiger partial charge is 0.152 e. The second kappa shape index (κ2) is 7.43. The first-order chi connectivity index (χ1) is 11.7. The summed E-state index contributed by atoms with van der Waals surface area (Å²) in [5.41, 5.74) is 2.89. The summed E-state index contributed by atoms with van der Waals surface area (Å²) in [6, 6.07) is 17.1. The van der Waals surface area contributed by atoms with Crippen LogP contribution in [0.4, 0.5) is 0 Å². The molecule has 0 radical (unpaired) electrons. The molecule has 2 N–H and O–H groups in total. The minimum absolute atomic E-state index is 0.0236. The number of fused-ring (bicyclic) bond motifs is 1. The molecule has 3 aromatic rings. The van der Waals surface area contributed by atoms with E-state index >= 15 is 0 Å². The highest BCUT2D eigenvalue weighted by atomic mass is 35.5. The van der Waals surface area contributed by atoms with Gasteiger partial charge in [0.15, 0.2) is 5.82 Å². The second-order valence-electron chi connectivity index (χ2n) is 5.16. The van der Waals surface area contributed by atoms with Gasteiger partial charge in [0.1, 0.15) is 17.4 Å². The predicted molar refractivity (Wildman–Crippen MR) is 98.9 cm³/mol. The van der Waals surface area contributed by atoms with Crippen molar-refractivity contribution in [1.82, 2.24) is 9.97 Å². The molecule has 0 amide bonds. The van der Waals surface area contributed by atoms with Gasteiger partial charge in [-0.25, -0.2) is 4.98 Å². The van der Waals surface area contributed by atoms with Gasteiger partial charge in [-0.05, 0) is 29.8 Å². The number of imidazole rings is 1. The van der Waals surface area contributed by atoms with Crippen molar-refractivity contribution >= 4 is 40.0 Å². The number of aromatic amines is 1. The number of benzene rings is 2. The van der Waals surface area contributed by atoms with E-state index in [-0.39, 0.29) is 11.3 Å². The molecule has 0 unspecified atom stereocenters. The molecule has 0 saturated heterocycles. The summed E-state index contributed by atoms with van der Waals surface area (Å²) >= 11 is 7.38. The van der Waals surface area contributed by atoms with Crippen molar-refractivity contribution in [3.8, 4) is 6.07 Å². The lowest BCUT2D eigenvalue weighted by Crippen LogP contribution is -1.95. The van der Waals surface area contributed by atoms with E-state index in [9.17, 15) is 10.4 Å². The van der Waals surface area contributed by atoms with E-state index in [4.69, 9.17) is 11.6 Å². The Labute approximate surface area is 148 Å². The minimum atomic E-state index is 0.0236. The molecule has 0 spiro atoms. The minimum Gasteiger partial charge on any atom is -0.510 e. The predicted octanol–water partition coefficient (Wildman–Crippen LogP) is 4.94. The summed E-state index contributed by atoms with van der Waals surface area (Å²) in [5, 5.41) is 20.3. The lowest BCUT2D eigenvalue weighted by Gasteiger charge is -2.04. The Bertz CT molecular complexity index is 892. The quantitative estimate of drug-likeness (QED) is 0.502. The van der Waals surface area contributed by atoms with E-state index < -0.39 is 0 Å². The van der Waals surface area contributed by atoms with Crippen LogP contribution < -0.4 is 0 Å². The van der Waals surface area contributed by atoms with Crippen LogP contribution in [-0.2, 0) is 5.75 Å². The number of allylic oxidation sites excluding steroid dienone is 1. The number of hydrogen-bond donors (Lipinski definition) is 2. The van der Waals surface area contributed by atoms with Gasteiger partial charge < -0.3 is 10.1 Å². The summed E-state index contributed by atoms with van der Waals surface area (Å²) in [6.45, 7) is 0. The summed E-state index contributed by atoms with van der Waals surface area (Å²) in [4.78, 5) is 7.43. The maximum Gasteiger partial charge on any atom is 0.152 e. The number of para-hydroxylation sites is 2. The highest BCUT2D eigenvalue weighted by Gasteiger charge is 2.13. The molecule has 0 atom stereocenters. The third-order valence-electron chi connectivity index (χ3n) is 3.45. The summed E-state index contributed by atoms with van der Waals surface area (Å²) < 4.78 is 0. The van der Waals surface area contributed by atoms with Crippen LogP contribution in [0.3, 0.4) is 0 Å². The first-order valence-electron chi connectivity index (χ1n) is 7.27. The number of H-pyrrole nitrogens is 1. The van der Waals surface area contributed by atoms with Crippen LogP contribution in [0.15, 0.2) is 54.3 Å². The molecule has 0 aliphatic rings. The Morgan fingerprint density at radius 2 is 1.96 bits per heavy atom. The Morgan fingerprint density at radius 3 is 2.67 bits per heavy atom. The molecule has 0 aliphatic heterocycles. The molecule has 0 aliphatic carbocycles. The van der Waals surface area contributed by atoms with Gasteiger partial charge in [0.05, 0.1) is 16.8 Å². The number of rotatable bonds is 5. The number of aliphatic hydroxyl groups is 1. The van der Waals surface area contributed by atoms with E-state index in [2.05, 4.69) is 9.97 Å². The van der Waals surface area contributed by atoms with Gasteiger partial charge >= 0.3 is 0 Å². The average Bonchev–Trinajstić information content (AvgIpc) is 3.01. The van der Waals surface area contributed by atoms with E-state index in [0.717, 1.165) is 22.3 Å². The van der Waals surface area contributed by atoms with Gasteiger partial charge in [-0.1, -0.05) is 35.9 Å². The number of thioether (sulfide) groups is 1. The lowest BCUT2D eigenvalue weighted by molar-refractivity contribution is 0.420. The number of nitriles is 1. The number of aromatic nitrogens is 2. The Hall–Kier alpha value is -2.42. The van der Waals surface area contributed by atoms with Crippen molar-refractivity contribution in [3.63, 3.8) is 0 Å². The molecule has 0 bridgehead atoms. The number of nitrogens with one attached hydrogen (secondary N) is 1. The second-order valence-corrected chi connectivity index (χ2v) is 6.58. The normalized spacial score (nSPS) is 12.0. The maximum atomic E-state index is 10.3. The van der Waals surface area contributed by atoms with Crippen molar-refractivity contribution in [2.24, 2.45) is 0 Å². The number of hydrogen-bond acceptors (Lipinski definition) is 4. The van der Waals surface area contributed by atoms with Crippen molar-refractivity contribution in [1.29, 1.82) is 5.26 Å². The highest BCUT2D eigenvalue weighted by Crippen LogP contribution is 2.22. The van der Waals surface area contributed by atoms with Gasteiger partial charge in [-0.2, -0.15) is 5.26 Å². The first-order valence-corrected chi connectivity index (χ1v) is 8.80. The summed E-state index contributed by atoms with van der Waals surface area (Å²) in [7, 11) is 0. The molecule has 3 rings (SSSR count). The lowest BCUT2D eigenvalue weighted by atomic mass is 10.2. The Morgan fingerprint density at radius 1 is 1.21 bits per heavy atom. The van der Waals surface area contributed by atoms with Crippen LogP contribution in [0, 0.1) is 11.3 Å². The molecule has 2 aromatic carbocycles. The SMILES string of the molecule is N#C/C(=C(/O)CSCc1ccc(Cl)cc1)c1nc2ccccc2[nH]1. The van der Waals surface area contributed by atoms with E-state index in [1.165, 1.54) is 11.8 Å². The van der Waals surface area contributed by atoms with Crippen LogP contribution in [0.5, 0.6) is 0 Å². The Balaban J connectivity index is 1.73. The zero-order chi connectivity index (χ0) is 16.9. The number of nitrogens with zero attached hydrogens (tertiary/aromatic N) is 2. The van der Waals surface area contributed by atoms with Gasteiger partial charge in [0.25, 0.3) is 0 Å². The maximum absolute atomic E-state index is 10.3. The van der Waals surface area contributed by atoms with Crippen LogP contribution in [0.2, 0.25) is 5.02 Å². The zero-order valence-corrected chi connectivity index (χ0v) is 14.2. The van der Waals surface area contributed by atoms with Crippen molar-refractivity contribution in [2.75, 3.05) is 5.75 Å². The van der Waals surface area contributed by atoms with E-state index in [1.807, 2.05) is 54.6 Å². The molecule has 0 fully saturated rings. The number of halogens is 1. The highest BCUT2D eigenvalue weighted by molar-refractivity contribution is 7.98. The molecular weight excluding hydrogens is 342 g/mol. The fraction of sp³-hybridized carbons (Fsp3) is 0.111. The number of aliphatic hydroxyl groups excluding tert-OH is 1. The molecular formula is C18H14ClN3OS. The third kappa shape index (κ3) is 3.73. The molecule has 1 heterocycles. The van der Waals surface area contributed by atoms with Gasteiger partial charge in [-0.15, -0.1) is 11.8 Å². The Kier molecular flexibility index (Phi) is 5.09. The topological polar surface area (TPSA) is 72.7 Å². The van der Waals surface area contributed by atoms with Gasteiger partial charge in [0.2, 0.25) is 0 Å². The molecule has 24 heavy (non-hydrogen) atoms. The van der Waals surface area contributed by atoms with Crippen LogP contribution in [-0.4, -0.2) is 20.8 Å². The van der Waals surface area contributed by atoms with Crippen molar-refractivity contribution in [3.05, 3.63) is 70.7 Å². The zero-order valence-electron chi connectivity index (χ0n) is 12.7. The monoisotopic (exact) mass is 355 g/mol. The van der Waals surface area contributed by atoms with Crippen LogP contribution in [0.25, 0.3) is 16.6 Å². The standard InChI is InChI=1S/C18H14ClN3OS/c19-13-7-5-12(6-8-13)10-24-11-17(23)14(9-20)18-21-15-3-1-2-4-16(15)22-18/h1-8,23H,10-11H2,(H,21,22)/b17-14-. The molecule has 6 heteroatoms. The first kappa shape index (κ1) is 16.4. The molecule has 120 valence electrons. The fourth-order valence-electron chi connectivity index (χ4n) is 2.24. The average molecular weight is 356 g/mol.